The number of benzene rings is 1. The van der Waals surface area contributed by atoms with Crippen molar-refractivity contribution in [2.24, 2.45) is 0 Å². The van der Waals surface area contributed by atoms with Gasteiger partial charge in [-0.1, -0.05) is 26.8 Å². The molecule has 1 aromatic carbocycles. The minimum atomic E-state index is 0.482. The molecule has 4 heteroatoms. The number of ether oxygens (including phenoxy) is 1. The lowest BCUT2D eigenvalue weighted by atomic mass is 10.1. The molecule has 0 aliphatic rings. The van der Waals surface area contributed by atoms with Crippen LogP contribution in [0.2, 0.25) is 0 Å². The summed E-state index contributed by atoms with van der Waals surface area (Å²) in [5.41, 5.74) is 2.46. The third-order valence-corrected chi connectivity index (χ3v) is 3.52. The van der Waals surface area contributed by atoms with E-state index in [-0.39, 0.29) is 0 Å². The molecule has 2 aromatic rings. The topological polar surface area (TPSA) is 39.1 Å². The molecule has 0 spiro atoms. The molecule has 0 unspecified atom stereocenters. The second-order valence-corrected chi connectivity index (χ2v) is 5.51. The maximum atomic E-state index is 5.49. The number of hydrogen-bond acceptors (Lipinski definition) is 3. The summed E-state index contributed by atoms with van der Waals surface area (Å²) in [5.74, 6) is 2.03. The predicted molar refractivity (Wildman–Crippen MR) is 85.7 cm³/mol. The Morgan fingerprint density at radius 1 is 1.33 bits per heavy atom. The van der Waals surface area contributed by atoms with Crippen LogP contribution in [0.15, 0.2) is 30.6 Å². The van der Waals surface area contributed by atoms with Crippen molar-refractivity contribution in [2.45, 2.75) is 46.3 Å². The van der Waals surface area contributed by atoms with Crippen LogP contribution in [0.5, 0.6) is 5.75 Å². The lowest BCUT2D eigenvalue weighted by Gasteiger charge is -2.14. The van der Waals surface area contributed by atoms with E-state index in [0.29, 0.717) is 6.04 Å². The van der Waals surface area contributed by atoms with Crippen molar-refractivity contribution < 1.29 is 4.74 Å². The van der Waals surface area contributed by atoms with E-state index in [2.05, 4.69) is 53.8 Å². The summed E-state index contributed by atoms with van der Waals surface area (Å²) in [7, 11) is 1.72. The molecule has 2 rings (SSSR count). The lowest BCUT2D eigenvalue weighted by Crippen LogP contribution is -2.21. The first-order valence-corrected chi connectivity index (χ1v) is 7.53. The van der Waals surface area contributed by atoms with Crippen molar-refractivity contribution in [3.8, 4) is 5.75 Å². The lowest BCUT2D eigenvalue weighted by molar-refractivity contribution is 0.407. The first kappa shape index (κ1) is 15.6. The van der Waals surface area contributed by atoms with Crippen molar-refractivity contribution in [3.63, 3.8) is 0 Å². The molecule has 0 aliphatic carbocycles. The molecule has 0 bridgehead atoms. The minimum absolute atomic E-state index is 0.482. The van der Waals surface area contributed by atoms with E-state index >= 15 is 0 Å². The average molecular weight is 287 g/mol. The Kier molecular flexibility index (Phi) is 5.39. The number of nitrogens with zero attached hydrogens (tertiary/aromatic N) is 2. The Morgan fingerprint density at radius 3 is 2.81 bits per heavy atom. The molecular formula is C17H25N3O. The molecule has 0 atom stereocenters. The second-order valence-electron chi connectivity index (χ2n) is 5.51. The Bertz CT molecular complexity index is 575. The van der Waals surface area contributed by atoms with E-state index in [1.165, 1.54) is 11.1 Å². The van der Waals surface area contributed by atoms with Crippen LogP contribution in [-0.4, -0.2) is 22.7 Å². The van der Waals surface area contributed by atoms with Gasteiger partial charge in [-0.2, -0.15) is 0 Å². The van der Waals surface area contributed by atoms with Crippen LogP contribution in [-0.2, 0) is 19.5 Å². The Morgan fingerprint density at radius 2 is 2.14 bits per heavy atom. The van der Waals surface area contributed by atoms with Gasteiger partial charge in [0, 0.05) is 37.0 Å². The maximum absolute atomic E-state index is 5.49. The average Bonchev–Trinajstić information content (AvgIpc) is 2.92. The van der Waals surface area contributed by atoms with Gasteiger partial charge in [-0.3, -0.25) is 0 Å². The standard InChI is InChI=1S/C17H25N3O/c1-5-17-18-8-9-20(17)12-15-10-14(11-19-13(2)3)6-7-16(15)21-4/h6-10,13,19H,5,11-12H2,1-4H3. The van der Waals surface area contributed by atoms with Crippen molar-refractivity contribution in [1.82, 2.24) is 14.9 Å². The van der Waals surface area contributed by atoms with Gasteiger partial charge in [0.05, 0.1) is 13.7 Å². The van der Waals surface area contributed by atoms with E-state index in [1.807, 2.05) is 12.4 Å². The summed E-state index contributed by atoms with van der Waals surface area (Å²) in [4.78, 5) is 4.38. The fourth-order valence-corrected chi connectivity index (χ4v) is 2.37. The van der Waals surface area contributed by atoms with Crippen molar-refractivity contribution in [2.75, 3.05) is 7.11 Å². The van der Waals surface area contributed by atoms with Gasteiger partial charge in [-0.05, 0) is 17.7 Å². The number of aryl methyl sites for hydroxylation is 1. The normalized spacial score (nSPS) is 11.1. The van der Waals surface area contributed by atoms with Crippen LogP contribution in [0.4, 0.5) is 0 Å². The number of imidazole rings is 1. The van der Waals surface area contributed by atoms with Crippen LogP contribution in [0, 0.1) is 0 Å². The van der Waals surface area contributed by atoms with Crippen molar-refractivity contribution in [3.05, 3.63) is 47.5 Å². The molecule has 1 aromatic heterocycles. The molecule has 0 saturated carbocycles. The van der Waals surface area contributed by atoms with E-state index < -0.39 is 0 Å². The zero-order valence-corrected chi connectivity index (χ0v) is 13.4. The Labute approximate surface area is 127 Å². The number of rotatable bonds is 7. The summed E-state index contributed by atoms with van der Waals surface area (Å²) in [6.07, 6.45) is 4.82. The highest BCUT2D eigenvalue weighted by molar-refractivity contribution is 5.37. The van der Waals surface area contributed by atoms with Crippen LogP contribution < -0.4 is 10.1 Å². The number of nitrogens with one attached hydrogen (secondary N) is 1. The smallest absolute Gasteiger partial charge is 0.123 e. The monoisotopic (exact) mass is 287 g/mol. The molecule has 1 N–H and O–H groups in total. The molecule has 1 heterocycles. The van der Waals surface area contributed by atoms with E-state index in [4.69, 9.17) is 4.74 Å². The first-order valence-electron chi connectivity index (χ1n) is 7.53. The summed E-state index contributed by atoms with van der Waals surface area (Å²) >= 11 is 0. The van der Waals surface area contributed by atoms with Gasteiger partial charge in [0.25, 0.3) is 0 Å². The third kappa shape index (κ3) is 4.08. The molecule has 4 nitrogen and oxygen atoms in total. The molecule has 21 heavy (non-hydrogen) atoms. The molecular weight excluding hydrogens is 262 g/mol. The number of methoxy groups -OCH3 is 1. The number of aromatic nitrogens is 2. The second kappa shape index (κ2) is 7.27. The quantitative estimate of drug-likeness (QED) is 0.851. The predicted octanol–water partition coefficient (Wildman–Crippen LogP) is 3.00. The zero-order chi connectivity index (χ0) is 15.2. The van der Waals surface area contributed by atoms with Crippen molar-refractivity contribution >= 4 is 0 Å². The first-order chi connectivity index (χ1) is 10.1. The molecule has 0 fully saturated rings. The summed E-state index contributed by atoms with van der Waals surface area (Å²) < 4.78 is 7.67. The van der Waals surface area contributed by atoms with Gasteiger partial charge in [-0.15, -0.1) is 0 Å². The largest absolute Gasteiger partial charge is 0.496 e. The molecule has 114 valence electrons. The Balaban J connectivity index is 2.21. The summed E-state index contributed by atoms with van der Waals surface area (Å²) in [6.45, 7) is 8.10. The fourth-order valence-electron chi connectivity index (χ4n) is 2.37. The minimum Gasteiger partial charge on any atom is -0.496 e. The van der Waals surface area contributed by atoms with Crippen LogP contribution in [0.3, 0.4) is 0 Å². The van der Waals surface area contributed by atoms with E-state index in [1.54, 1.807) is 7.11 Å². The van der Waals surface area contributed by atoms with Gasteiger partial charge < -0.3 is 14.6 Å². The SMILES string of the molecule is CCc1nccn1Cc1cc(CNC(C)C)ccc1OC. The fraction of sp³-hybridized carbons (Fsp3) is 0.471. The zero-order valence-electron chi connectivity index (χ0n) is 13.4. The van der Waals surface area contributed by atoms with E-state index in [9.17, 15) is 0 Å². The van der Waals surface area contributed by atoms with Gasteiger partial charge in [0.15, 0.2) is 0 Å². The van der Waals surface area contributed by atoms with Crippen molar-refractivity contribution in [1.29, 1.82) is 0 Å². The van der Waals surface area contributed by atoms with Crippen LogP contribution in [0.25, 0.3) is 0 Å². The highest BCUT2D eigenvalue weighted by Crippen LogP contribution is 2.21. The molecule has 0 saturated heterocycles. The van der Waals surface area contributed by atoms with Gasteiger partial charge in [-0.25, -0.2) is 4.98 Å². The van der Waals surface area contributed by atoms with Gasteiger partial charge in [0.2, 0.25) is 0 Å². The molecule has 0 radical (unpaired) electrons. The maximum Gasteiger partial charge on any atom is 0.123 e. The van der Waals surface area contributed by atoms with Crippen LogP contribution >= 0.6 is 0 Å². The number of hydrogen-bond donors (Lipinski definition) is 1. The highest BCUT2D eigenvalue weighted by atomic mass is 16.5. The Hall–Kier alpha value is -1.81. The summed E-state index contributed by atoms with van der Waals surface area (Å²) in [6, 6.07) is 6.87. The third-order valence-electron chi connectivity index (χ3n) is 3.52. The molecule has 0 aliphatic heterocycles. The van der Waals surface area contributed by atoms with Crippen LogP contribution in [0.1, 0.15) is 37.7 Å². The van der Waals surface area contributed by atoms with Gasteiger partial charge >= 0.3 is 0 Å². The highest BCUT2D eigenvalue weighted by Gasteiger charge is 2.08. The van der Waals surface area contributed by atoms with E-state index in [0.717, 1.165) is 31.1 Å². The van der Waals surface area contributed by atoms with Gasteiger partial charge in [0.1, 0.15) is 11.6 Å². The summed E-state index contributed by atoms with van der Waals surface area (Å²) in [5, 5.41) is 3.45. The molecule has 0 amide bonds.